The van der Waals surface area contributed by atoms with Crippen molar-refractivity contribution in [3.05, 3.63) is 166 Å². The SMILES string of the molecule is Cc1ccc(N(c2ccc(C)cc2)c2ccc3c(c2)-c2cc(N(c4ccc(C)cc4)c4ccc(Br)cc4)ccc2C3(C)C)cc1. The summed E-state index contributed by atoms with van der Waals surface area (Å²) in [5, 5.41) is 0. The van der Waals surface area contributed by atoms with Gasteiger partial charge in [-0.3, -0.25) is 0 Å². The van der Waals surface area contributed by atoms with Crippen molar-refractivity contribution in [2.24, 2.45) is 0 Å². The maximum Gasteiger partial charge on any atom is 0.0468 e. The van der Waals surface area contributed by atoms with Gasteiger partial charge in [0.15, 0.2) is 0 Å². The van der Waals surface area contributed by atoms with Crippen molar-refractivity contribution >= 4 is 50.1 Å². The quantitative estimate of drug-likeness (QED) is 0.177. The van der Waals surface area contributed by atoms with Crippen LogP contribution in [0.4, 0.5) is 34.1 Å². The standard InChI is InChI=1S/C42H37BrN2/c1-28-6-14-32(15-7-28)44(33-16-8-29(2)9-17-33)36-22-24-40-38(26-36)39-27-37(23-25-41(39)42(40,4)5)45(34-18-10-30(3)11-19-34)35-20-12-31(43)13-21-35/h6-27H,1-5H3. The van der Waals surface area contributed by atoms with E-state index in [1.807, 2.05) is 0 Å². The fourth-order valence-corrected chi connectivity index (χ4v) is 6.85. The zero-order valence-corrected chi connectivity index (χ0v) is 28.1. The van der Waals surface area contributed by atoms with Crippen LogP contribution in [-0.2, 0) is 5.41 Å². The van der Waals surface area contributed by atoms with Crippen LogP contribution in [0.2, 0.25) is 0 Å². The van der Waals surface area contributed by atoms with Gasteiger partial charge >= 0.3 is 0 Å². The van der Waals surface area contributed by atoms with Gasteiger partial charge in [-0.25, -0.2) is 0 Å². The number of rotatable bonds is 6. The maximum absolute atomic E-state index is 3.62. The Morgan fingerprint density at radius 1 is 0.400 bits per heavy atom. The second-order valence-electron chi connectivity index (χ2n) is 12.7. The molecular formula is C42H37BrN2. The van der Waals surface area contributed by atoms with E-state index in [0.29, 0.717) is 0 Å². The van der Waals surface area contributed by atoms with Gasteiger partial charge in [-0.15, -0.1) is 0 Å². The fourth-order valence-electron chi connectivity index (χ4n) is 6.59. The molecule has 0 atom stereocenters. The molecule has 0 heterocycles. The van der Waals surface area contributed by atoms with Crippen molar-refractivity contribution in [3.63, 3.8) is 0 Å². The van der Waals surface area contributed by atoms with Crippen molar-refractivity contribution in [2.45, 2.75) is 40.0 Å². The molecule has 222 valence electrons. The van der Waals surface area contributed by atoms with E-state index in [2.05, 4.69) is 194 Å². The van der Waals surface area contributed by atoms with E-state index >= 15 is 0 Å². The molecule has 1 aliphatic rings. The number of benzene rings is 6. The third-order valence-corrected chi connectivity index (χ3v) is 9.65. The van der Waals surface area contributed by atoms with Crippen molar-refractivity contribution in [1.82, 2.24) is 0 Å². The zero-order valence-electron chi connectivity index (χ0n) is 26.5. The normalized spacial score (nSPS) is 12.8. The predicted octanol–water partition coefficient (Wildman–Crippen LogP) is 12.6. The molecule has 0 spiro atoms. The van der Waals surface area contributed by atoms with Crippen LogP contribution in [0, 0.1) is 20.8 Å². The average Bonchev–Trinajstić information content (AvgIpc) is 3.26. The zero-order chi connectivity index (χ0) is 31.3. The molecule has 0 bridgehead atoms. The van der Waals surface area contributed by atoms with Crippen LogP contribution in [0.1, 0.15) is 41.7 Å². The van der Waals surface area contributed by atoms with E-state index in [1.54, 1.807) is 0 Å². The Morgan fingerprint density at radius 3 is 1.02 bits per heavy atom. The maximum atomic E-state index is 3.62. The molecule has 0 radical (unpaired) electrons. The van der Waals surface area contributed by atoms with E-state index in [1.165, 1.54) is 38.9 Å². The van der Waals surface area contributed by atoms with Crippen LogP contribution in [0.15, 0.2) is 138 Å². The largest absolute Gasteiger partial charge is 0.310 e. The molecule has 3 heteroatoms. The first-order valence-electron chi connectivity index (χ1n) is 15.5. The summed E-state index contributed by atoms with van der Waals surface area (Å²) in [6.07, 6.45) is 0. The summed E-state index contributed by atoms with van der Waals surface area (Å²) in [6.45, 7) is 11.1. The fraction of sp³-hybridized carbons (Fsp3) is 0.143. The first-order valence-corrected chi connectivity index (χ1v) is 16.3. The van der Waals surface area contributed by atoms with Crippen LogP contribution in [-0.4, -0.2) is 0 Å². The van der Waals surface area contributed by atoms with Crippen LogP contribution < -0.4 is 9.80 Å². The number of aryl methyl sites for hydroxylation is 3. The second-order valence-corrected chi connectivity index (χ2v) is 13.7. The lowest BCUT2D eigenvalue weighted by molar-refractivity contribution is 0.660. The summed E-state index contributed by atoms with van der Waals surface area (Å²) in [7, 11) is 0. The van der Waals surface area contributed by atoms with Gasteiger partial charge in [0, 0.05) is 44.0 Å². The first-order chi connectivity index (χ1) is 21.7. The Kier molecular flexibility index (Phi) is 7.38. The molecule has 0 saturated carbocycles. The Balaban J connectivity index is 1.39. The molecule has 6 aromatic rings. The Bertz CT molecular complexity index is 1750. The lowest BCUT2D eigenvalue weighted by Crippen LogP contribution is -2.16. The summed E-state index contributed by atoms with van der Waals surface area (Å²) in [4.78, 5) is 4.72. The van der Waals surface area contributed by atoms with Crippen LogP contribution in [0.3, 0.4) is 0 Å². The van der Waals surface area contributed by atoms with Crippen molar-refractivity contribution in [2.75, 3.05) is 9.80 Å². The van der Waals surface area contributed by atoms with Gasteiger partial charge < -0.3 is 9.80 Å². The molecule has 2 nitrogen and oxygen atoms in total. The highest BCUT2D eigenvalue weighted by atomic mass is 79.9. The minimum Gasteiger partial charge on any atom is -0.310 e. The van der Waals surface area contributed by atoms with E-state index in [4.69, 9.17) is 0 Å². The number of hydrogen-bond donors (Lipinski definition) is 0. The second kappa shape index (κ2) is 11.4. The molecule has 6 aromatic carbocycles. The Labute approximate surface area is 275 Å². The van der Waals surface area contributed by atoms with Gasteiger partial charge in [0.1, 0.15) is 0 Å². The number of anilines is 6. The highest BCUT2D eigenvalue weighted by Crippen LogP contribution is 2.52. The average molecular weight is 650 g/mol. The summed E-state index contributed by atoms with van der Waals surface area (Å²) in [5.74, 6) is 0. The number of fused-ring (bicyclic) bond motifs is 3. The van der Waals surface area contributed by atoms with E-state index in [0.717, 1.165) is 38.6 Å². The van der Waals surface area contributed by atoms with Crippen LogP contribution >= 0.6 is 15.9 Å². The van der Waals surface area contributed by atoms with Crippen molar-refractivity contribution in [1.29, 1.82) is 0 Å². The summed E-state index contributed by atoms with van der Waals surface area (Å²) in [6, 6.07) is 49.0. The summed E-state index contributed by atoms with van der Waals surface area (Å²) < 4.78 is 1.07. The highest BCUT2D eigenvalue weighted by molar-refractivity contribution is 9.10. The topological polar surface area (TPSA) is 6.48 Å². The molecule has 0 aliphatic heterocycles. The van der Waals surface area contributed by atoms with E-state index < -0.39 is 0 Å². The third-order valence-electron chi connectivity index (χ3n) is 9.12. The highest BCUT2D eigenvalue weighted by Gasteiger charge is 2.36. The molecule has 0 amide bonds. The summed E-state index contributed by atoms with van der Waals surface area (Å²) >= 11 is 3.62. The molecule has 0 N–H and O–H groups in total. The molecule has 0 unspecified atom stereocenters. The van der Waals surface area contributed by atoms with Gasteiger partial charge in [-0.05, 0) is 128 Å². The number of hydrogen-bond acceptors (Lipinski definition) is 2. The van der Waals surface area contributed by atoms with Gasteiger partial charge in [-0.2, -0.15) is 0 Å². The van der Waals surface area contributed by atoms with Gasteiger partial charge in [-0.1, -0.05) is 95.0 Å². The monoisotopic (exact) mass is 648 g/mol. The molecule has 0 fully saturated rings. The lowest BCUT2D eigenvalue weighted by Gasteiger charge is -2.27. The predicted molar refractivity (Wildman–Crippen MR) is 195 cm³/mol. The van der Waals surface area contributed by atoms with E-state index in [9.17, 15) is 0 Å². The van der Waals surface area contributed by atoms with Gasteiger partial charge in [0.25, 0.3) is 0 Å². The number of halogens is 1. The van der Waals surface area contributed by atoms with Gasteiger partial charge in [0.2, 0.25) is 0 Å². The first kappa shape index (κ1) is 29.1. The molecule has 45 heavy (non-hydrogen) atoms. The minimum absolute atomic E-state index is 0.105. The van der Waals surface area contributed by atoms with Gasteiger partial charge in [0.05, 0.1) is 0 Å². The molecule has 0 saturated heterocycles. The summed E-state index contributed by atoms with van der Waals surface area (Å²) in [5.41, 5.74) is 15.8. The lowest BCUT2D eigenvalue weighted by atomic mass is 9.82. The van der Waals surface area contributed by atoms with Crippen molar-refractivity contribution < 1.29 is 0 Å². The van der Waals surface area contributed by atoms with E-state index in [-0.39, 0.29) is 5.41 Å². The molecule has 7 rings (SSSR count). The van der Waals surface area contributed by atoms with Crippen molar-refractivity contribution in [3.8, 4) is 11.1 Å². The Hall–Kier alpha value is -4.60. The van der Waals surface area contributed by atoms with Crippen LogP contribution in [0.5, 0.6) is 0 Å². The molecule has 1 aliphatic carbocycles. The Morgan fingerprint density at radius 2 is 0.689 bits per heavy atom. The molecular weight excluding hydrogens is 612 g/mol. The molecule has 0 aromatic heterocycles. The van der Waals surface area contributed by atoms with Crippen LogP contribution in [0.25, 0.3) is 11.1 Å². The number of nitrogens with zero attached hydrogens (tertiary/aromatic N) is 2. The third kappa shape index (κ3) is 5.36. The smallest absolute Gasteiger partial charge is 0.0468 e. The minimum atomic E-state index is -0.105.